The average Bonchev–Trinajstić information content (AvgIpc) is 2.78. The highest BCUT2D eigenvalue weighted by Gasteiger charge is 2.13. The number of hydrogen-bond acceptors (Lipinski definition) is 3. The lowest BCUT2D eigenvalue weighted by molar-refractivity contribution is -0.112. The quantitative estimate of drug-likeness (QED) is 0.182. The zero-order valence-corrected chi connectivity index (χ0v) is 20.8. The smallest absolute Gasteiger partial charge is 0.266 e. The lowest BCUT2D eigenvalue weighted by atomic mass is 10.1. The maximum atomic E-state index is 12.5. The average molecular weight is 577 g/mol. The van der Waals surface area contributed by atoms with Gasteiger partial charge in [0.1, 0.15) is 18.2 Å². The van der Waals surface area contributed by atoms with Crippen molar-refractivity contribution in [1.82, 2.24) is 0 Å². The number of nitrogens with zero attached hydrogens (tertiary/aromatic N) is 1. The molecule has 0 fully saturated rings. The van der Waals surface area contributed by atoms with Crippen molar-refractivity contribution >= 4 is 63.5 Å². The SMILES string of the molecule is CCc1ccc(NC(=O)/C(C#N)=C/c2cc(Cl)c(OCc3ccc(I)cc3)c(Cl)c2)cc1. The number of nitrogens with one attached hydrogen (secondary N) is 1. The normalized spacial score (nSPS) is 11.0. The van der Waals surface area contributed by atoms with Crippen LogP contribution in [0.3, 0.4) is 0 Å². The van der Waals surface area contributed by atoms with E-state index in [1.54, 1.807) is 24.3 Å². The highest BCUT2D eigenvalue weighted by molar-refractivity contribution is 14.1. The van der Waals surface area contributed by atoms with Crippen LogP contribution < -0.4 is 10.1 Å². The second kappa shape index (κ2) is 11.4. The number of halogens is 3. The van der Waals surface area contributed by atoms with Crippen molar-refractivity contribution in [1.29, 1.82) is 5.26 Å². The number of amides is 1. The molecule has 0 atom stereocenters. The molecular weight excluding hydrogens is 558 g/mol. The molecule has 0 radical (unpaired) electrons. The van der Waals surface area contributed by atoms with Gasteiger partial charge in [-0.25, -0.2) is 0 Å². The van der Waals surface area contributed by atoms with Crippen LogP contribution in [0, 0.1) is 14.9 Å². The first-order chi connectivity index (χ1) is 15.4. The number of ether oxygens (including phenoxy) is 1. The summed E-state index contributed by atoms with van der Waals surface area (Å²) in [6.07, 6.45) is 2.35. The summed E-state index contributed by atoms with van der Waals surface area (Å²) in [4.78, 5) is 12.5. The van der Waals surface area contributed by atoms with Gasteiger partial charge in [0, 0.05) is 9.26 Å². The molecule has 0 aliphatic carbocycles. The molecule has 3 aromatic rings. The van der Waals surface area contributed by atoms with Gasteiger partial charge in [-0.2, -0.15) is 5.26 Å². The summed E-state index contributed by atoms with van der Waals surface area (Å²) in [6, 6.07) is 20.5. The molecule has 1 amide bonds. The van der Waals surface area contributed by atoms with E-state index in [9.17, 15) is 10.1 Å². The van der Waals surface area contributed by atoms with Crippen LogP contribution in [-0.4, -0.2) is 5.91 Å². The largest absolute Gasteiger partial charge is 0.486 e. The van der Waals surface area contributed by atoms with Gasteiger partial charge in [0.05, 0.1) is 10.0 Å². The van der Waals surface area contributed by atoms with Crippen molar-refractivity contribution in [3.8, 4) is 11.8 Å². The Balaban J connectivity index is 1.74. The molecule has 0 spiro atoms. The van der Waals surface area contributed by atoms with Crippen molar-refractivity contribution in [2.45, 2.75) is 20.0 Å². The van der Waals surface area contributed by atoms with Gasteiger partial charge in [-0.3, -0.25) is 4.79 Å². The Morgan fingerprint density at radius 2 is 1.66 bits per heavy atom. The Hall–Kier alpha value is -2.53. The first-order valence-corrected chi connectivity index (χ1v) is 11.6. The van der Waals surface area contributed by atoms with Gasteiger partial charge in [-0.1, -0.05) is 54.4 Å². The molecule has 162 valence electrons. The molecule has 0 aliphatic rings. The molecule has 3 aromatic carbocycles. The fraction of sp³-hybridized carbons (Fsp3) is 0.120. The zero-order chi connectivity index (χ0) is 23.1. The highest BCUT2D eigenvalue weighted by Crippen LogP contribution is 2.35. The van der Waals surface area contributed by atoms with Crippen LogP contribution in [0.5, 0.6) is 5.75 Å². The van der Waals surface area contributed by atoms with Gasteiger partial charge < -0.3 is 10.1 Å². The Morgan fingerprint density at radius 1 is 1.06 bits per heavy atom. The van der Waals surface area contributed by atoms with Crippen LogP contribution in [0.2, 0.25) is 10.0 Å². The highest BCUT2D eigenvalue weighted by atomic mass is 127. The van der Waals surface area contributed by atoms with Crippen molar-refractivity contribution in [3.05, 3.63) is 96.5 Å². The van der Waals surface area contributed by atoms with Crippen molar-refractivity contribution in [2.75, 3.05) is 5.32 Å². The molecule has 0 aliphatic heterocycles. The molecule has 3 rings (SSSR count). The molecule has 0 unspecified atom stereocenters. The predicted molar refractivity (Wildman–Crippen MR) is 138 cm³/mol. The van der Waals surface area contributed by atoms with E-state index in [0.717, 1.165) is 21.1 Å². The Labute approximate surface area is 210 Å². The summed E-state index contributed by atoms with van der Waals surface area (Å²) < 4.78 is 6.93. The summed E-state index contributed by atoms with van der Waals surface area (Å²) in [5.74, 6) is -0.161. The van der Waals surface area contributed by atoms with Crippen LogP contribution in [0.1, 0.15) is 23.6 Å². The first-order valence-electron chi connectivity index (χ1n) is 9.78. The molecule has 0 saturated carbocycles. The molecule has 0 heterocycles. The van der Waals surface area contributed by atoms with E-state index in [1.165, 1.54) is 6.08 Å². The summed E-state index contributed by atoms with van der Waals surface area (Å²) in [5, 5.41) is 12.8. The number of anilines is 1. The van der Waals surface area contributed by atoms with E-state index in [0.29, 0.717) is 33.7 Å². The van der Waals surface area contributed by atoms with Crippen molar-refractivity contribution in [3.63, 3.8) is 0 Å². The number of benzene rings is 3. The topological polar surface area (TPSA) is 62.1 Å². The Kier molecular flexibility index (Phi) is 8.57. The van der Waals surface area contributed by atoms with Gasteiger partial charge in [-0.05, 0) is 88.2 Å². The number of nitriles is 1. The third-order valence-electron chi connectivity index (χ3n) is 4.61. The molecule has 7 heteroatoms. The van der Waals surface area contributed by atoms with Crippen LogP contribution in [-0.2, 0) is 17.8 Å². The minimum absolute atomic E-state index is 0.0655. The monoisotopic (exact) mass is 576 g/mol. The van der Waals surface area contributed by atoms with Gasteiger partial charge in [-0.15, -0.1) is 0 Å². The van der Waals surface area contributed by atoms with Crippen LogP contribution in [0.15, 0.2) is 66.2 Å². The minimum atomic E-state index is -0.511. The summed E-state index contributed by atoms with van der Waals surface area (Å²) in [6.45, 7) is 2.37. The third-order valence-corrected chi connectivity index (χ3v) is 5.89. The predicted octanol–water partition coefficient (Wildman–Crippen LogP) is 7.29. The van der Waals surface area contributed by atoms with E-state index in [1.807, 2.05) is 42.5 Å². The van der Waals surface area contributed by atoms with Crippen molar-refractivity contribution in [2.24, 2.45) is 0 Å². The van der Waals surface area contributed by atoms with Gasteiger partial charge in [0.15, 0.2) is 5.75 Å². The van der Waals surface area contributed by atoms with E-state index >= 15 is 0 Å². The van der Waals surface area contributed by atoms with Crippen LogP contribution >= 0.6 is 45.8 Å². The maximum Gasteiger partial charge on any atom is 0.266 e. The number of aryl methyl sites for hydroxylation is 1. The number of carbonyl (C=O) groups is 1. The van der Waals surface area contributed by atoms with Crippen molar-refractivity contribution < 1.29 is 9.53 Å². The number of hydrogen-bond donors (Lipinski definition) is 1. The molecule has 4 nitrogen and oxygen atoms in total. The van der Waals surface area contributed by atoms with Gasteiger partial charge >= 0.3 is 0 Å². The fourth-order valence-corrected chi connectivity index (χ4v) is 3.85. The second-order valence-electron chi connectivity index (χ2n) is 6.90. The molecule has 1 N–H and O–H groups in total. The maximum absolute atomic E-state index is 12.5. The fourth-order valence-electron chi connectivity index (χ4n) is 2.87. The molecular formula is C25H19Cl2IN2O2. The summed E-state index contributed by atoms with van der Waals surface area (Å²) in [7, 11) is 0. The third kappa shape index (κ3) is 6.49. The molecule has 32 heavy (non-hydrogen) atoms. The van der Waals surface area contributed by atoms with E-state index < -0.39 is 5.91 Å². The number of carbonyl (C=O) groups excluding carboxylic acids is 1. The Morgan fingerprint density at radius 3 is 2.22 bits per heavy atom. The van der Waals surface area contributed by atoms with E-state index in [2.05, 4.69) is 34.8 Å². The van der Waals surface area contributed by atoms with Gasteiger partial charge in [0.25, 0.3) is 5.91 Å². The molecule has 0 saturated heterocycles. The lowest BCUT2D eigenvalue weighted by Gasteiger charge is -2.11. The molecule has 0 aromatic heterocycles. The number of rotatable bonds is 7. The standard InChI is InChI=1S/C25H19Cl2IN2O2/c1-2-16-5-9-21(10-6-16)30-25(31)19(14-29)11-18-12-22(26)24(23(27)13-18)32-15-17-3-7-20(28)8-4-17/h3-13H,2,15H2,1H3,(H,30,31)/b19-11+. The van der Waals surface area contributed by atoms with Crippen LogP contribution in [0.25, 0.3) is 6.08 Å². The van der Waals surface area contributed by atoms with Gasteiger partial charge in [0.2, 0.25) is 0 Å². The minimum Gasteiger partial charge on any atom is -0.486 e. The zero-order valence-electron chi connectivity index (χ0n) is 17.2. The summed E-state index contributed by atoms with van der Waals surface area (Å²) in [5.41, 5.74) is 3.22. The van der Waals surface area contributed by atoms with E-state index in [-0.39, 0.29) is 5.57 Å². The Bertz CT molecular complexity index is 1160. The summed E-state index contributed by atoms with van der Waals surface area (Å²) >= 11 is 15.0. The van der Waals surface area contributed by atoms with E-state index in [4.69, 9.17) is 27.9 Å². The first kappa shape index (κ1) is 24.1. The van der Waals surface area contributed by atoms with Crippen LogP contribution in [0.4, 0.5) is 5.69 Å². The lowest BCUT2D eigenvalue weighted by Crippen LogP contribution is -2.13. The molecule has 0 bridgehead atoms. The second-order valence-corrected chi connectivity index (χ2v) is 8.96.